The van der Waals surface area contributed by atoms with Crippen molar-refractivity contribution < 1.29 is 9.53 Å². The van der Waals surface area contributed by atoms with Crippen molar-refractivity contribution >= 4 is 23.2 Å². The van der Waals surface area contributed by atoms with Gasteiger partial charge in [-0.3, -0.25) is 0 Å². The summed E-state index contributed by atoms with van der Waals surface area (Å²) in [6.07, 6.45) is 11.4. The summed E-state index contributed by atoms with van der Waals surface area (Å²) in [5, 5.41) is 3.05. The van der Waals surface area contributed by atoms with Gasteiger partial charge in [0.1, 0.15) is 11.3 Å². The van der Waals surface area contributed by atoms with E-state index >= 15 is 0 Å². The predicted molar refractivity (Wildman–Crippen MR) is 76.1 cm³/mol. The fraction of sp³-hybridized carbons (Fsp3) is 0.467. The van der Waals surface area contributed by atoms with E-state index in [-0.39, 0.29) is 0 Å². The monoisotopic (exact) mass is 275 g/mol. The maximum absolute atomic E-state index is 10.5. The number of hydrogen-bond donors (Lipinski definition) is 0. The van der Waals surface area contributed by atoms with Crippen LogP contribution in [-0.4, -0.2) is 24.0 Å². The molecule has 100 valence electrons. The van der Waals surface area contributed by atoms with Crippen molar-refractivity contribution in [2.75, 3.05) is 6.61 Å². The number of carbonyl (C=O) groups excluding carboxylic acids is 1. The van der Waals surface area contributed by atoms with Gasteiger partial charge in [0, 0.05) is 18.4 Å². The molecule has 0 radical (unpaired) electrons. The number of aromatic nitrogens is 1. The van der Waals surface area contributed by atoms with Gasteiger partial charge < -0.3 is 9.53 Å². The predicted octanol–water partition coefficient (Wildman–Crippen LogP) is 3.02. The first-order valence-corrected chi connectivity index (χ1v) is 7.60. The third-order valence-electron chi connectivity index (χ3n) is 3.60. The number of aldehydes is 1. The second-order valence-electron chi connectivity index (χ2n) is 5.03. The third-order valence-corrected chi connectivity index (χ3v) is 4.57. The van der Waals surface area contributed by atoms with Gasteiger partial charge in [0.05, 0.1) is 11.8 Å². The fourth-order valence-electron chi connectivity index (χ4n) is 2.63. The van der Waals surface area contributed by atoms with Gasteiger partial charge in [-0.25, -0.2) is 4.98 Å². The molecule has 2 aliphatic rings. The third kappa shape index (κ3) is 3.01. The summed E-state index contributed by atoms with van der Waals surface area (Å²) < 4.78 is 5.69. The molecule has 0 aromatic carbocycles. The Balaban J connectivity index is 1.83. The van der Waals surface area contributed by atoms with E-state index < -0.39 is 0 Å². The fourth-order valence-corrected chi connectivity index (χ4v) is 3.50. The van der Waals surface area contributed by atoms with Crippen molar-refractivity contribution in [2.45, 2.75) is 31.8 Å². The SMILES string of the molecule is O=CCc1csc(/C2=C/C3CCOC(/C=C\C2)C3)n1. The Kier molecular flexibility index (Phi) is 3.89. The molecule has 0 N–H and O–H groups in total. The Morgan fingerprint density at radius 2 is 2.47 bits per heavy atom. The second-order valence-corrected chi connectivity index (χ2v) is 5.89. The van der Waals surface area contributed by atoms with Crippen LogP contribution in [0.4, 0.5) is 0 Å². The molecule has 4 heteroatoms. The smallest absolute Gasteiger partial charge is 0.125 e. The van der Waals surface area contributed by atoms with Crippen LogP contribution in [0, 0.1) is 5.92 Å². The number of fused-ring (bicyclic) bond motifs is 2. The molecule has 1 aromatic rings. The van der Waals surface area contributed by atoms with Crippen molar-refractivity contribution in [2.24, 2.45) is 5.92 Å². The lowest BCUT2D eigenvalue weighted by Gasteiger charge is -2.27. The highest BCUT2D eigenvalue weighted by Gasteiger charge is 2.22. The number of nitrogens with zero attached hydrogens (tertiary/aromatic N) is 1. The van der Waals surface area contributed by atoms with Gasteiger partial charge in [-0.05, 0) is 30.8 Å². The van der Waals surface area contributed by atoms with Crippen LogP contribution in [0.5, 0.6) is 0 Å². The Hall–Kier alpha value is -1.26. The summed E-state index contributed by atoms with van der Waals surface area (Å²) in [6, 6.07) is 0. The largest absolute Gasteiger partial charge is 0.374 e. The lowest BCUT2D eigenvalue weighted by Crippen LogP contribution is -2.23. The van der Waals surface area contributed by atoms with Crippen molar-refractivity contribution in [3.05, 3.63) is 34.3 Å². The minimum absolute atomic E-state index is 0.290. The lowest BCUT2D eigenvalue weighted by atomic mass is 9.90. The van der Waals surface area contributed by atoms with Gasteiger partial charge in [-0.2, -0.15) is 0 Å². The lowest BCUT2D eigenvalue weighted by molar-refractivity contribution is -0.107. The van der Waals surface area contributed by atoms with E-state index in [0.29, 0.717) is 18.4 Å². The topological polar surface area (TPSA) is 39.2 Å². The van der Waals surface area contributed by atoms with Crippen LogP contribution in [0.2, 0.25) is 0 Å². The average molecular weight is 275 g/mol. The number of carbonyl (C=O) groups is 1. The van der Waals surface area contributed by atoms with Crippen molar-refractivity contribution in [3.8, 4) is 0 Å². The quantitative estimate of drug-likeness (QED) is 0.629. The van der Waals surface area contributed by atoms with Crippen molar-refractivity contribution in [1.82, 2.24) is 4.98 Å². The zero-order valence-corrected chi connectivity index (χ0v) is 11.6. The first-order chi connectivity index (χ1) is 9.35. The highest BCUT2D eigenvalue weighted by Crippen LogP contribution is 2.31. The summed E-state index contributed by atoms with van der Waals surface area (Å²) >= 11 is 1.64. The average Bonchev–Trinajstić information content (AvgIpc) is 2.85. The Labute approximate surface area is 117 Å². The number of allylic oxidation sites excluding steroid dienone is 3. The molecule has 2 heterocycles. The summed E-state index contributed by atoms with van der Waals surface area (Å²) in [6.45, 7) is 0.845. The van der Waals surface area contributed by atoms with Crippen LogP contribution in [0.1, 0.15) is 30.0 Å². The van der Waals surface area contributed by atoms with Gasteiger partial charge in [0.15, 0.2) is 0 Å². The molecule has 1 aliphatic carbocycles. The van der Waals surface area contributed by atoms with E-state index in [1.165, 1.54) is 5.57 Å². The highest BCUT2D eigenvalue weighted by atomic mass is 32.1. The van der Waals surface area contributed by atoms with Crippen LogP contribution < -0.4 is 0 Å². The molecule has 0 amide bonds. The van der Waals surface area contributed by atoms with E-state index in [0.717, 1.165) is 42.9 Å². The molecule has 19 heavy (non-hydrogen) atoms. The van der Waals surface area contributed by atoms with E-state index in [4.69, 9.17) is 4.74 Å². The van der Waals surface area contributed by atoms with Crippen molar-refractivity contribution in [1.29, 1.82) is 0 Å². The molecule has 3 rings (SSSR count). The summed E-state index contributed by atoms with van der Waals surface area (Å²) in [4.78, 5) is 15.1. The molecule has 1 aliphatic heterocycles. The summed E-state index contributed by atoms with van der Waals surface area (Å²) in [5.74, 6) is 0.595. The van der Waals surface area contributed by atoms with Crippen LogP contribution in [0.3, 0.4) is 0 Å². The van der Waals surface area contributed by atoms with Gasteiger partial charge in [0.2, 0.25) is 0 Å². The standard InChI is InChI=1S/C15H17NO2S/c17-6-4-13-10-19-15(16-13)12-2-1-3-14-9-11(8-12)5-7-18-14/h1,3,6,8,10-11,14H,2,4-5,7,9H2/b3-1-,12-8+. The first-order valence-electron chi connectivity index (χ1n) is 6.72. The maximum Gasteiger partial charge on any atom is 0.125 e. The number of thiazole rings is 1. The molecule has 1 saturated heterocycles. The van der Waals surface area contributed by atoms with Crippen molar-refractivity contribution in [3.63, 3.8) is 0 Å². The molecule has 1 aromatic heterocycles. The second kappa shape index (κ2) is 5.80. The highest BCUT2D eigenvalue weighted by molar-refractivity contribution is 7.10. The zero-order valence-electron chi connectivity index (χ0n) is 10.7. The minimum atomic E-state index is 0.290. The van der Waals surface area contributed by atoms with Gasteiger partial charge in [-0.1, -0.05) is 18.2 Å². The first kappa shape index (κ1) is 12.8. The van der Waals surface area contributed by atoms with E-state index in [9.17, 15) is 4.79 Å². The Morgan fingerprint density at radius 1 is 1.53 bits per heavy atom. The minimum Gasteiger partial charge on any atom is -0.374 e. The molecule has 3 nitrogen and oxygen atoms in total. The Morgan fingerprint density at radius 3 is 3.37 bits per heavy atom. The molecule has 2 atom stereocenters. The van der Waals surface area contributed by atoms with Crippen LogP contribution in [0.15, 0.2) is 23.6 Å². The zero-order chi connectivity index (χ0) is 13.1. The van der Waals surface area contributed by atoms with E-state index in [1.54, 1.807) is 11.3 Å². The van der Waals surface area contributed by atoms with Crippen LogP contribution in [-0.2, 0) is 16.0 Å². The van der Waals surface area contributed by atoms with Gasteiger partial charge >= 0.3 is 0 Å². The molecule has 0 saturated carbocycles. The Bertz CT molecular complexity index is 518. The summed E-state index contributed by atoms with van der Waals surface area (Å²) in [7, 11) is 0. The van der Waals surface area contributed by atoms with E-state index in [2.05, 4.69) is 23.2 Å². The number of rotatable bonds is 3. The molecule has 2 unspecified atom stereocenters. The molecular formula is C15H17NO2S. The molecule has 1 fully saturated rings. The number of ether oxygens (including phenoxy) is 1. The van der Waals surface area contributed by atoms with E-state index in [1.807, 2.05) is 5.38 Å². The van der Waals surface area contributed by atoms with Gasteiger partial charge in [-0.15, -0.1) is 11.3 Å². The number of hydrogen-bond acceptors (Lipinski definition) is 4. The maximum atomic E-state index is 10.5. The molecule has 2 bridgehead atoms. The molecular weight excluding hydrogens is 258 g/mol. The van der Waals surface area contributed by atoms with Crippen LogP contribution in [0.25, 0.3) is 5.57 Å². The molecule has 0 spiro atoms. The summed E-state index contributed by atoms with van der Waals surface area (Å²) in [5.41, 5.74) is 2.18. The van der Waals surface area contributed by atoms with Crippen LogP contribution >= 0.6 is 11.3 Å². The van der Waals surface area contributed by atoms with Gasteiger partial charge in [0.25, 0.3) is 0 Å². The normalized spacial score (nSPS) is 30.8.